The SMILES string of the molecule is CCc1csc([C@H](Cc2ccc(N[SH](=O)=O)cc2)NC(=O)Cc2cccc(OC)c2)n1. The topological polar surface area (TPSA) is 97.4 Å². The third-order valence-electron chi connectivity index (χ3n) is 4.68. The van der Waals surface area contributed by atoms with E-state index in [-0.39, 0.29) is 18.4 Å². The molecule has 3 aromatic rings. The Morgan fingerprint density at radius 3 is 2.58 bits per heavy atom. The number of ether oxygens (including phenoxy) is 1. The Morgan fingerprint density at radius 2 is 1.94 bits per heavy atom. The average Bonchev–Trinajstić information content (AvgIpc) is 3.23. The van der Waals surface area contributed by atoms with Crippen molar-refractivity contribution in [3.63, 3.8) is 0 Å². The molecule has 1 aromatic heterocycles. The van der Waals surface area contributed by atoms with Gasteiger partial charge in [-0.2, -0.15) is 0 Å². The third kappa shape index (κ3) is 6.80. The average molecular weight is 460 g/mol. The Balaban J connectivity index is 1.75. The maximum Gasteiger partial charge on any atom is 0.224 e. The highest BCUT2D eigenvalue weighted by Crippen LogP contribution is 2.24. The highest BCUT2D eigenvalue weighted by atomic mass is 32.2. The summed E-state index contributed by atoms with van der Waals surface area (Å²) < 4.78 is 29.2. The lowest BCUT2D eigenvalue weighted by molar-refractivity contribution is -0.121. The summed E-state index contributed by atoms with van der Waals surface area (Å²) in [5.74, 6) is 0.607. The van der Waals surface area contributed by atoms with Gasteiger partial charge in [-0.25, -0.2) is 13.4 Å². The first-order valence-electron chi connectivity index (χ1n) is 9.83. The lowest BCUT2D eigenvalue weighted by Crippen LogP contribution is -2.31. The molecule has 0 saturated carbocycles. The minimum Gasteiger partial charge on any atom is -0.497 e. The van der Waals surface area contributed by atoms with Gasteiger partial charge in [0.15, 0.2) is 0 Å². The zero-order chi connectivity index (χ0) is 22.2. The summed E-state index contributed by atoms with van der Waals surface area (Å²) in [7, 11) is -1.11. The van der Waals surface area contributed by atoms with Crippen molar-refractivity contribution >= 4 is 33.8 Å². The predicted octanol–water partition coefficient (Wildman–Crippen LogP) is 3.30. The molecule has 1 amide bonds. The molecule has 0 saturated heterocycles. The molecule has 7 nitrogen and oxygen atoms in total. The standard InChI is InChI=1S/C22H25N3O4S2/c1-3-17-14-30-22(23-17)20(12-15-7-9-18(10-8-15)25-31(27)28)24-21(26)13-16-5-4-6-19(11-16)29-2/h4-11,14,20,31H,3,12-13H2,1-2H3,(H,24,26)(H,25,27,28)/t20-/m0/s1. The van der Waals surface area contributed by atoms with Gasteiger partial charge in [-0.05, 0) is 48.2 Å². The number of benzene rings is 2. The number of aromatic nitrogens is 1. The second-order valence-electron chi connectivity index (χ2n) is 6.95. The van der Waals surface area contributed by atoms with E-state index in [0.29, 0.717) is 17.9 Å². The highest BCUT2D eigenvalue weighted by Gasteiger charge is 2.19. The van der Waals surface area contributed by atoms with E-state index in [2.05, 4.69) is 15.0 Å². The van der Waals surface area contributed by atoms with Crippen molar-refractivity contribution in [2.24, 2.45) is 0 Å². The van der Waals surface area contributed by atoms with Crippen LogP contribution in [0.3, 0.4) is 0 Å². The number of anilines is 1. The molecule has 2 N–H and O–H groups in total. The Labute approximate surface area is 187 Å². The van der Waals surface area contributed by atoms with Gasteiger partial charge in [0.1, 0.15) is 10.8 Å². The summed E-state index contributed by atoms with van der Waals surface area (Å²) in [5.41, 5.74) is 3.32. The van der Waals surface area contributed by atoms with E-state index in [1.54, 1.807) is 19.2 Å². The third-order valence-corrected chi connectivity index (χ3v) is 6.13. The van der Waals surface area contributed by atoms with Crippen LogP contribution < -0.4 is 14.8 Å². The molecule has 1 atom stereocenters. The van der Waals surface area contributed by atoms with Crippen molar-refractivity contribution in [2.75, 3.05) is 11.8 Å². The molecule has 164 valence electrons. The number of hydrogen-bond donors (Lipinski definition) is 3. The van der Waals surface area contributed by atoms with Gasteiger partial charge in [0.05, 0.1) is 25.3 Å². The van der Waals surface area contributed by atoms with Gasteiger partial charge in [-0.1, -0.05) is 31.2 Å². The summed E-state index contributed by atoms with van der Waals surface area (Å²) >= 11 is 1.53. The molecule has 0 fully saturated rings. The lowest BCUT2D eigenvalue weighted by atomic mass is 10.0. The molecule has 31 heavy (non-hydrogen) atoms. The van der Waals surface area contributed by atoms with Crippen LogP contribution in [-0.4, -0.2) is 26.4 Å². The van der Waals surface area contributed by atoms with Gasteiger partial charge in [0, 0.05) is 11.1 Å². The van der Waals surface area contributed by atoms with Crippen molar-refractivity contribution in [1.82, 2.24) is 10.3 Å². The molecule has 0 aliphatic rings. The Hall–Kier alpha value is -2.91. The molecule has 1 heterocycles. The van der Waals surface area contributed by atoms with Gasteiger partial charge in [-0.3, -0.25) is 9.52 Å². The first kappa shape index (κ1) is 22.8. The quantitative estimate of drug-likeness (QED) is 0.404. The summed E-state index contributed by atoms with van der Waals surface area (Å²) in [4.78, 5) is 17.4. The molecule has 2 aromatic carbocycles. The smallest absolute Gasteiger partial charge is 0.224 e. The van der Waals surface area contributed by atoms with E-state index in [1.165, 1.54) is 11.3 Å². The molecular formula is C22H25N3O4S2. The number of amides is 1. The van der Waals surface area contributed by atoms with E-state index < -0.39 is 10.9 Å². The van der Waals surface area contributed by atoms with Gasteiger partial charge >= 0.3 is 0 Å². The number of thiol groups is 1. The molecule has 0 unspecified atom stereocenters. The number of methoxy groups -OCH3 is 1. The molecular weight excluding hydrogens is 434 g/mol. The first-order valence-corrected chi connectivity index (χ1v) is 11.9. The van der Waals surface area contributed by atoms with Crippen LogP contribution in [0, 0.1) is 0 Å². The minimum atomic E-state index is -2.70. The van der Waals surface area contributed by atoms with Crippen molar-refractivity contribution in [2.45, 2.75) is 32.2 Å². The molecule has 0 spiro atoms. The van der Waals surface area contributed by atoms with Crippen LogP contribution in [0.25, 0.3) is 0 Å². The van der Waals surface area contributed by atoms with E-state index >= 15 is 0 Å². The number of hydrogen-bond acceptors (Lipinski definition) is 6. The molecule has 0 radical (unpaired) electrons. The monoisotopic (exact) mass is 459 g/mol. The number of thiazole rings is 1. The van der Waals surface area contributed by atoms with Crippen molar-refractivity contribution < 1.29 is 17.9 Å². The minimum absolute atomic E-state index is 0.104. The highest BCUT2D eigenvalue weighted by molar-refractivity contribution is 7.73. The Morgan fingerprint density at radius 1 is 1.16 bits per heavy atom. The Bertz CT molecular complexity index is 1090. The maximum absolute atomic E-state index is 12.8. The Kier molecular flexibility index (Phi) is 8.02. The zero-order valence-electron chi connectivity index (χ0n) is 17.3. The van der Waals surface area contributed by atoms with Crippen LogP contribution in [0.1, 0.15) is 34.8 Å². The predicted molar refractivity (Wildman–Crippen MR) is 123 cm³/mol. The molecule has 0 aliphatic carbocycles. The van der Waals surface area contributed by atoms with E-state index in [4.69, 9.17) is 4.74 Å². The van der Waals surface area contributed by atoms with Crippen molar-refractivity contribution in [1.29, 1.82) is 0 Å². The van der Waals surface area contributed by atoms with Gasteiger partial charge in [0.2, 0.25) is 16.8 Å². The fraction of sp³-hybridized carbons (Fsp3) is 0.273. The maximum atomic E-state index is 12.8. The summed E-state index contributed by atoms with van der Waals surface area (Å²) in [6.07, 6.45) is 1.61. The van der Waals surface area contributed by atoms with E-state index in [0.717, 1.165) is 28.2 Å². The number of nitrogens with one attached hydrogen (secondary N) is 2. The zero-order valence-corrected chi connectivity index (χ0v) is 19.0. The second kappa shape index (κ2) is 10.9. The second-order valence-corrected chi connectivity index (χ2v) is 8.58. The number of rotatable bonds is 10. The van der Waals surface area contributed by atoms with Crippen molar-refractivity contribution in [3.05, 3.63) is 75.7 Å². The molecule has 3 rings (SSSR count). The summed E-state index contributed by atoms with van der Waals surface area (Å²) in [6.45, 7) is 2.04. The number of carbonyl (C=O) groups is 1. The van der Waals surface area contributed by atoms with Gasteiger partial charge in [0.25, 0.3) is 0 Å². The van der Waals surface area contributed by atoms with E-state index in [1.807, 2.05) is 48.7 Å². The fourth-order valence-corrected chi connectivity index (χ4v) is 4.43. The fourth-order valence-electron chi connectivity index (χ4n) is 3.11. The van der Waals surface area contributed by atoms with Crippen LogP contribution in [0.5, 0.6) is 5.75 Å². The normalized spacial score (nSPS) is 11.8. The van der Waals surface area contributed by atoms with Crippen LogP contribution in [0.4, 0.5) is 5.69 Å². The largest absolute Gasteiger partial charge is 0.497 e. The van der Waals surface area contributed by atoms with E-state index in [9.17, 15) is 13.2 Å². The number of nitrogens with zero attached hydrogens (tertiary/aromatic N) is 1. The number of aryl methyl sites for hydroxylation is 1. The number of carbonyl (C=O) groups excluding carboxylic acids is 1. The molecule has 9 heteroatoms. The van der Waals surface area contributed by atoms with Crippen LogP contribution in [-0.2, 0) is 34.9 Å². The van der Waals surface area contributed by atoms with Crippen LogP contribution in [0.15, 0.2) is 53.9 Å². The van der Waals surface area contributed by atoms with Crippen LogP contribution >= 0.6 is 11.3 Å². The van der Waals surface area contributed by atoms with Crippen molar-refractivity contribution in [3.8, 4) is 5.75 Å². The summed E-state index contributed by atoms with van der Waals surface area (Å²) in [6, 6.07) is 14.3. The molecule has 0 aliphatic heterocycles. The van der Waals surface area contributed by atoms with Gasteiger partial charge < -0.3 is 10.1 Å². The van der Waals surface area contributed by atoms with Gasteiger partial charge in [-0.15, -0.1) is 11.3 Å². The first-order chi connectivity index (χ1) is 15.0. The van der Waals surface area contributed by atoms with Crippen LogP contribution in [0.2, 0.25) is 0 Å². The summed E-state index contributed by atoms with van der Waals surface area (Å²) in [5, 5.41) is 5.96. The lowest BCUT2D eigenvalue weighted by Gasteiger charge is -2.17. The molecule has 0 bridgehead atoms.